The second-order valence-corrected chi connectivity index (χ2v) is 5.66. The molecule has 1 aromatic rings. The van der Waals surface area contributed by atoms with Crippen LogP contribution in [0.15, 0.2) is 12.5 Å². The van der Waals surface area contributed by atoms with Gasteiger partial charge < -0.3 is 10.1 Å². The van der Waals surface area contributed by atoms with E-state index in [0.29, 0.717) is 5.69 Å². The lowest BCUT2D eigenvalue weighted by molar-refractivity contribution is -0.138. The Hall–Kier alpha value is -1.45. The number of hydrogen-bond donors (Lipinski definition) is 4. The lowest BCUT2D eigenvalue weighted by Gasteiger charge is -2.14. The molecule has 0 aliphatic heterocycles. The quantitative estimate of drug-likeness (QED) is 0.507. The van der Waals surface area contributed by atoms with Gasteiger partial charge in [0.15, 0.2) is 0 Å². The minimum Gasteiger partial charge on any atom is -0.480 e. The molecule has 1 atom stereocenters. The maximum atomic E-state index is 11.6. The van der Waals surface area contributed by atoms with Gasteiger partial charge in [-0.1, -0.05) is 0 Å². The summed E-state index contributed by atoms with van der Waals surface area (Å²) in [6, 6.07) is -1.29. The molecule has 0 aromatic carbocycles. The van der Waals surface area contributed by atoms with E-state index in [0.717, 1.165) is 12.8 Å². The Morgan fingerprint density at radius 3 is 2.83 bits per heavy atom. The zero-order chi connectivity index (χ0) is 13.2. The minimum atomic E-state index is -3.78. The zero-order valence-electron chi connectivity index (χ0n) is 9.46. The molecule has 100 valence electrons. The molecule has 1 unspecified atom stereocenters. The van der Waals surface area contributed by atoms with Gasteiger partial charge in [0.2, 0.25) is 0 Å². The molecule has 0 spiro atoms. The second-order valence-electron chi connectivity index (χ2n) is 4.19. The van der Waals surface area contributed by atoms with Crippen LogP contribution in [-0.4, -0.2) is 41.5 Å². The van der Waals surface area contributed by atoms with E-state index in [1.807, 2.05) is 0 Å². The van der Waals surface area contributed by atoms with Crippen molar-refractivity contribution in [1.82, 2.24) is 19.4 Å². The number of nitrogens with zero attached hydrogens (tertiary/aromatic N) is 1. The number of aromatic nitrogens is 2. The molecule has 0 saturated heterocycles. The average molecular weight is 274 g/mol. The number of carboxylic acid groups (broad SMARTS) is 1. The van der Waals surface area contributed by atoms with Crippen LogP contribution in [0.25, 0.3) is 0 Å². The van der Waals surface area contributed by atoms with Crippen LogP contribution in [0.4, 0.5) is 0 Å². The highest BCUT2D eigenvalue weighted by Crippen LogP contribution is 2.19. The van der Waals surface area contributed by atoms with Gasteiger partial charge in [0, 0.05) is 24.4 Å². The van der Waals surface area contributed by atoms with Gasteiger partial charge in [-0.05, 0) is 12.8 Å². The van der Waals surface area contributed by atoms with Crippen molar-refractivity contribution >= 4 is 16.2 Å². The van der Waals surface area contributed by atoms with E-state index in [9.17, 15) is 13.2 Å². The summed E-state index contributed by atoms with van der Waals surface area (Å²) < 4.78 is 27.7. The number of aromatic amines is 1. The van der Waals surface area contributed by atoms with E-state index in [4.69, 9.17) is 5.11 Å². The molecule has 1 fully saturated rings. The summed E-state index contributed by atoms with van der Waals surface area (Å²) in [7, 11) is -3.78. The van der Waals surface area contributed by atoms with Crippen LogP contribution >= 0.6 is 0 Å². The second kappa shape index (κ2) is 5.04. The van der Waals surface area contributed by atoms with Gasteiger partial charge in [-0.15, -0.1) is 0 Å². The van der Waals surface area contributed by atoms with Crippen LogP contribution in [0, 0.1) is 0 Å². The normalized spacial score (nSPS) is 17.6. The predicted octanol–water partition coefficient (Wildman–Crippen LogP) is -1.01. The summed E-state index contributed by atoms with van der Waals surface area (Å²) in [6.45, 7) is 0. The monoisotopic (exact) mass is 274 g/mol. The van der Waals surface area contributed by atoms with Gasteiger partial charge in [-0.25, -0.2) is 4.98 Å². The lowest BCUT2D eigenvalue weighted by Crippen LogP contribution is -2.48. The highest BCUT2D eigenvalue weighted by molar-refractivity contribution is 7.87. The Kier molecular flexibility index (Phi) is 3.64. The van der Waals surface area contributed by atoms with Crippen LogP contribution in [0.2, 0.25) is 0 Å². The Labute approximate surface area is 104 Å². The predicted molar refractivity (Wildman–Crippen MR) is 61.9 cm³/mol. The maximum Gasteiger partial charge on any atom is 0.322 e. The van der Waals surface area contributed by atoms with Crippen LogP contribution in [0.1, 0.15) is 18.5 Å². The van der Waals surface area contributed by atoms with Gasteiger partial charge in [-0.2, -0.15) is 17.9 Å². The molecule has 0 radical (unpaired) electrons. The third-order valence-corrected chi connectivity index (χ3v) is 3.71. The summed E-state index contributed by atoms with van der Waals surface area (Å²) >= 11 is 0. The number of aliphatic carboxylic acids is 1. The SMILES string of the molecule is O=C(O)C(Cc1cnc[nH]1)NS(=O)(=O)NC1CC1. The van der Waals surface area contributed by atoms with Gasteiger partial charge in [0.1, 0.15) is 6.04 Å². The Balaban J connectivity index is 1.99. The van der Waals surface area contributed by atoms with Gasteiger partial charge >= 0.3 is 5.97 Å². The smallest absolute Gasteiger partial charge is 0.322 e. The van der Waals surface area contributed by atoms with Crippen molar-refractivity contribution in [3.8, 4) is 0 Å². The molecule has 9 heteroatoms. The first-order valence-electron chi connectivity index (χ1n) is 5.46. The van der Waals surface area contributed by atoms with Crippen molar-refractivity contribution < 1.29 is 18.3 Å². The van der Waals surface area contributed by atoms with E-state index in [2.05, 4.69) is 19.4 Å². The molecule has 8 nitrogen and oxygen atoms in total. The summed E-state index contributed by atoms with van der Waals surface area (Å²) in [6.07, 6.45) is 4.46. The molecule has 2 rings (SSSR count). The van der Waals surface area contributed by atoms with Crippen molar-refractivity contribution in [3.05, 3.63) is 18.2 Å². The molecule has 18 heavy (non-hydrogen) atoms. The van der Waals surface area contributed by atoms with Crippen LogP contribution < -0.4 is 9.44 Å². The van der Waals surface area contributed by atoms with Gasteiger partial charge in [0.25, 0.3) is 10.2 Å². The van der Waals surface area contributed by atoms with Crippen molar-refractivity contribution in [1.29, 1.82) is 0 Å². The topological polar surface area (TPSA) is 124 Å². The molecular formula is C9H14N4O4S. The number of carbonyl (C=O) groups is 1. The fraction of sp³-hybridized carbons (Fsp3) is 0.556. The van der Waals surface area contributed by atoms with Gasteiger partial charge in [0.05, 0.1) is 6.33 Å². The first-order valence-corrected chi connectivity index (χ1v) is 6.94. The number of carboxylic acids is 1. The van der Waals surface area contributed by atoms with Crippen LogP contribution in [0.5, 0.6) is 0 Å². The Bertz CT molecular complexity index is 509. The van der Waals surface area contributed by atoms with E-state index >= 15 is 0 Å². The maximum absolute atomic E-state index is 11.6. The molecule has 0 bridgehead atoms. The van der Waals surface area contributed by atoms with Crippen molar-refractivity contribution in [2.45, 2.75) is 31.3 Å². The molecular weight excluding hydrogens is 260 g/mol. The fourth-order valence-electron chi connectivity index (χ4n) is 1.44. The Morgan fingerprint density at radius 1 is 1.61 bits per heavy atom. The van der Waals surface area contributed by atoms with Crippen molar-refractivity contribution in [2.75, 3.05) is 0 Å². The summed E-state index contributed by atoms with van der Waals surface area (Å²) in [5.74, 6) is -1.23. The Morgan fingerprint density at radius 2 is 2.33 bits per heavy atom. The average Bonchev–Trinajstić information content (AvgIpc) is 2.91. The third kappa shape index (κ3) is 3.79. The number of H-pyrrole nitrogens is 1. The summed E-state index contributed by atoms with van der Waals surface area (Å²) in [5.41, 5.74) is 0.552. The molecule has 1 aromatic heterocycles. The number of hydrogen-bond acceptors (Lipinski definition) is 4. The number of rotatable bonds is 7. The standard InChI is InChI=1S/C9H14N4O4S/c14-9(15)8(3-7-4-10-5-11-7)13-18(16,17)12-6-1-2-6/h4-6,8,12-13H,1-3H2,(H,10,11)(H,14,15). The van der Waals surface area contributed by atoms with E-state index in [1.165, 1.54) is 12.5 Å². The largest absolute Gasteiger partial charge is 0.480 e. The first kappa shape index (κ1) is 13.0. The molecule has 1 aliphatic carbocycles. The van der Waals surface area contributed by atoms with Crippen LogP contribution in [0.3, 0.4) is 0 Å². The first-order chi connectivity index (χ1) is 8.46. The van der Waals surface area contributed by atoms with E-state index in [-0.39, 0.29) is 12.5 Å². The summed E-state index contributed by atoms with van der Waals surface area (Å²) in [5, 5.41) is 9.00. The molecule has 4 N–H and O–H groups in total. The number of nitrogens with one attached hydrogen (secondary N) is 3. The highest BCUT2D eigenvalue weighted by atomic mass is 32.2. The molecule has 1 heterocycles. The van der Waals surface area contributed by atoms with E-state index in [1.54, 1.807) is 0 Å². The van der Waals surface area contributed by atoms with Crippen LogP contribution in [-0.2, 0) is 21.4 Å². The number of imidazole rings is 1. The highest BCUT2D eigenvalue weighted by Gasteiger charge is 2.30. The molecule has 0 amide bonds. The zero-order valence-corrected chi connectivity index (χ0v) is 10.3. The van der Waals surface area contributed by atoms with Crippen molar-refractivity contribution in [3.63, 3.8) is 0 Å². The van der Waals surface area contributed by atoms with Gasteiger partial charge in [-0.3, -0.25) is 4.79 Å². The molecule has 1 aliphatic rings. The third-order valence-electron chi connectivity index (χ3n) is 2.47. The van der Waals surface area contributed by atoms with E-state index < -0.39 is 22.2 Å². The lowest BCUT2D eigenvalue weighted by atomic mass is 10.2. The van der Waals surface area contributed by atoms with Crippen molar-refractivity contribution in [2.24, 2.45) is 0 Å². The fourth-order valence-corrected chi connectivity index (χ4v) is 2.74. The summed E-state index contributed by atoms with van der Waals surface area (Å²) in [4.78, 5) is 17.5. The minimum absolute atomic E-state index is 0.0148. The molecule has 1 saturated carbocycles.